The number of aliphatic hydroxyl groups excluding tert-OH is 2. The van der Waals surface area contributed by atoms with Crippen LogP contribution in [0.25, 0.3) is 0 Å². The highest BCUT2D eigenvalue weighted by Gasteiger charge is 2.44. The molecule has 3 atom stereocenters. The van der Waals surface area contributed by atoms with E-state index in [1.165, 1.54) is 0 Å². The topological polar surface area (TPSA) is 57.5 Å². The molecule has 2 aliphatic carbocycles. The van der Waals surface area contributed by atoms with Crippen LogP contribution in [0.4, 0.5) is 0 Å². The first kappa shape index (κ1) is 12.8. The number of carbonyl (C=O) groups excluding carboxylic acids is 1. The molecule has 0 heterocycles. The predicted molar refractivity (Wildman–Crippen MR) is 65.4 cm³/mol. The Morgan fingerprint density at radius 2 is 2.06 bits per heavy atom. The largest absolute Gasteiger partial charge is 0.392 e. The summed E-state index contributed by atoms with van der Waals surface area (Å²) in [5, 5.41) is 19.4. The highest BCUT2D eigenvalue weighted by molar-refractivity contribution is 5.97. The summed E-state index contributed by atoms with van der Waals surface area (Å²) in [5.74, 6) is 0.301. The van der Waals surface area contributed by atoms with Crippen LogP contribution < -0.4 is 0 Å². The predicted octanol–water partition coefficient (Wildman–Crippen LogP) is 1.68. The third-order valence-electron chi connectivity index (χ3n) is 4.41. The van der Waals surface area contributed by atoms with Crippen LogP contribution in [0.3, 0.4) is 0 Å². The molecule has 3 heteroatoms. The van der Waals surface area contributed by atoms with Gasteiger partial charge in [-0.05, 0) is 30.1 Å². The smallest absolute Gasteiger partial charge is 0.163 e. The van der Waals surface area contributed by atoms with Crippen molar-refractivity contribution >= 4 is 5.78 Å². The first-order chi connectivity index (χ1) is 7.85. The molecular formula is C14H22O3. The quantitative estimate of drug-likeness (QED) is 0.730. The van der Waals surface area contributed by atoms with Gasteiger partial charge in [0.1, 0.15) is 0 Å². The molecule has 3 nitrogen and oxygen atoms in total. The SMILES string of the molecule is C[C@H]1[C@H](O)CC(=O)C(CO)=C2CC(C)(C)C[C@H]21. The van der Waals surface area contributed by atoms with Crippen LogP contribution in [-0.2, 0) is 4.79 Å². The molecule has 0 radical (unpaired) electrons. The third kappa shape index (κ3) is 2.18. The van der Waals surface area contributed by atoms with E-state index in [4.69, 9.17) is 0 Å². The second kappa shape index (κ2) is 4.21. The van der Waals surface area contributed by atoms with Gasteiger partial charge >= 0.3 is 0 Å². The zero-order valence-electron chi connectivity index (χ0n) is 10.9. The summed E-state index contributed by atoms with van der Waals surface area (Å²) in [6.07, 6.45) is 1.46. The van der Waals surface area contributed by atoms with Crippen molar-refractivity contribution in [2.24, 2.45) is 17.3 Å². The molecule has 0 unspecified atom stereocenters. The van der Waals surface area contributed by atoms with Crippen molar-refractivity contribution in [3.8, 4) is 0 Å². The zero-order chi connectivity index (χ0) is 12.8. The molecule has 0 aromatic heterocycles. The molecular weight excluding hydrogens is 216 g/mol. The molecule has 96 valence electrons. The lowest BCUT2D eigenvalue weighted by molar-refractivity contribution is -0.118. The van der Waals surface area contributed by atoms with Crippen LogP contribution in [0.2, 0.25) is 0 Å². The number of rotatable bonds is 1. The number of fused-ring (bicyclic) bond motifs is 1. The molecule has 0 bridgehead atoms. The van der Waals surface area contributed by atoms with Crippen molar-refractivity contribution in [3.63, 3.8) is 0 Å². The van der Waals surface area contributed by atoms with E-state index >= 15 is 0 Å². The zero-order valence-corrected chi connectivity index (χ0v) is 10.9. The van der Waals surface area contributed by atoms with Crippen LogP contribution >= 0.6 is 0 Å². The Morgan fingerprint density at radius 1 is 1.41 bits per heavy atom. The van der Waals surface area contributed by atoms with E-state index in [-0.39, 0.29) is 36.1 Å². The first-order valence-corrected chi connectivity index (χ1v) is 6.40. The lowest BCUT2D eigenvalue weighted by atomic mass is 9.83. The maximum atomic E-state index is 12.0. The van der Waals surface area contributed by atoms with Gasteiger partial charge in [0.15, 0.2) is 5.78 Å². The summed E-state index contributed by atoms with van der Waals surface area (Å²) >= 11 is 0. The van der Waals surface area contributed by atoms with E-state index in [2.05, 4.69) is 13.8 Å². The summed E-state index contributed by atoms with van der Waals surface area (Å²) in [5.41, 5.74) is 1.85. The summed E-state index contributed by atoms with van der Waals surface area (Å²) in [6.45, 7) is 6.21. The van der Waals surface area contributed by atoms with Crippen molar-refractivity contribution in [1.29, 1.82) is 0 Å². The van der Waals surface area contributed by atoms with Crippen molar-refractivity contribution in [3.05, 3.63) is 11.1 Å². The van der Waals surface area contributed by atoms with E-state index < -0.39 is 6.10 Å². The maximum absolute atomic E-state index is 12.0. The molecule has 0 aromatic rings. The Bertz CT molecular complexity index is 368. The lowest BCUT2D eigenvalue weighted by Gasteiger charge is -2.24. The van der Waals surface area contributed by atoms with Gasteiger partial charge in [-0.1, -0.05) is 26.3 Å². The highest BCUT2D eigenvalue weighted by Crippen LogP contribution is 2.51. The van der Waals surface area contributed by atoms with Gasteiger partial charge in [0.05, 0.1) is 12.7 Å². The molecule has 0 amide bonds. The summed E-state index contributed by atoms with van der Waals surface area (Å²) in [7, 11) is 0. The van der Waals surface area contributed by atoms with Gasteiger partial charge in [-0.25, -0.2) is 0 Å². The number of hydrogen-bond donors (Lipinski definition) is 2. The van der Waals surface area contributed by atoms with Crippen LogP contribution in [-0.4, -0.2) is 28.7 Å². The van der Waals surface area contributed by atoms with Gasteiger partial charge in [-0.2, -0.15) is 0 Å². The van der Waals surface area contributed by atoms with Crippen LogP contribution in [0.15, 0.2) is 11.1 Å². The average molecular weight is 238 g/mol. The van der Waals surface area contributed by atoms with Gasteiger partial charge in [-0.15, -0.1) is 0 Å². The van der Waals surface area contributed by atoms with Gasteiger partial charge in [0.2, 0.25) is 0 Å². The fourth-order valence-electron chi connectivity index (χ4n) is 3.41. The van der Waals surface area contributed by atoms with Gasteiger partial charge in [0.25, 0.3) is 0 Å². The molecule has 2 N–H and O–H groups in total. The second-order valence-electron chi connectivity index (χ2n) is 6.37. The Kier molecular flexibility index (Phi) is 3.17. The molecule has 0 spiro atoms. The Labute approximate surface area is 103 Å². The number of allylic oxidation sites excluding steroid dienone is 1. The van der Waals surface area contributed by atoms with E-state index in [1.807, 2.05) is 6.92 Å². The maximum Gasteiger partial charge on any atom is 0.163 e. The van der Waals surface area contributed by atoms with Crippen LogP contribution in [0.1, 0.15) is 40.0 Å². The number of Topliss-reactive ketones (excluding diaryl/α,β-unsaturated/α-hetero) is 1. The summed E-state index contributed by atoms with van der Waals surface area (Å²) < 4.78 is 0. The Hall–Kier alpha value is -0.670. The van der Waals surface area contributed by atoms with E-state index in [0.29, 0.717) is 5.57 Å². The van der Waals surface area contributed by atoms with Crippen molar-refractivity contribution in [2.75, 3.05) is 6.61 Å². The minimum Gasteiger partial charge on any atom is -0.392 e. The minimum atomic E-state index is -0.569. The number of aliphatic hydroxyl groups is 2. The normalized spacial score (nSPS) is 37.0. The summed E-state index contributed by atoms with van der Waals surface area (Å²) in [4.78, 5) is 12.0. The average Bonchev–Trinajstić information content (AvgIpc) is 2.50. The molecule has 2 rings (SSSR count). The first-order valence-electron chi connectivity index (χ1n) is 6.40. The van der Waals surface area contributed by atoms with Gasteiger partial charge < -0.3 is 10.2 Å². The van der Waals surface area contributed by atoms with Crippen molar-refractivity contribution < 1.29 is 15.0 Å². The van der Waals surface area contributed by atoms with Gasteiger partial charge in [0, 0.05) is 12.0 Å². The molecule has 0 aliphatic heterocycles. The lowest BCUT2D eigenvalue weighted by Crippen LogP contribution is -2.25. The Morgan fingerprint density at radius 3 is 2.65 bits per heavy atom. The van der Waals surface area contributed by atoms with Crippen molar-refractivity contribution in [1.82, 2.24) is 0 Å². The fourth-order valence-corrected chi connectivity index (χ4v) is 3.41. The minimum absolute atomic E-state index is 0.0675. The third-order valence-corrected chi connectivity index (χ3v) is 4.41. The second-order valence-corrected chi connectivity index (χ2v) is 6.37. The van der Waals surface area contributed by atoms with E-state index in [1.54, 1.807) is 0 Å². The molecule has 0 saturated heterocycles. The summed E-state index contributed by atoms with van der Waals surface area (Å²) in [6, 6.07) is 0. The standard InChI is InChI=1S/C14H22O3/c1-8-9-5-14(2,3)6-10(9)11(7-15)13(17)4-12(8)16/h8-9,12,15-16H,4-7H2,1-3H3/t8-,9+,12-/m1/s1. The molecule has 1 fully saturated rings. The van der Waals surface area contributed by atoms with Gasteiger partial charge in [-0.3, -0.25) is 4.79 Å². The number of ketones is 1. The van der Waals surface area contributed by atoms with E-state index in [0.717, 1.165) is 18.4 Å². The fraction of sp³-hybridized carbons (Fsp3) is 0.786. The van der Waals surface area contributed by atoms with Crippen LogP contribution in [0.5, 0.6) is 0 Å². The molecule has 2 aliphatic rings. The van der Waals surface area contributed by atoms with E-state index in [9.17, 15) is 15.0 Å². The molecule has 17 heavy (non-hydrogen) atoms. The number of carbonyl (C=O) groups is 1. The Balaban J connectivity index is 2.46. The molecule has 0 aromatic carbocycles. The number of hydrogen-bond acceptors (Lipinski definition) is 3. The van der Waals surface area contributed by atoms with Crippen molar-refractivity contribution in [2.45, 2.75) is 46.1 Å². The molecule has 1 saturated carbocycles. The highest BCUT2D eigenvalue weighted by atomic mass is 16.3. The van der Waals surface area contributed by atoms with Crippen LogP contribution in [0, 0.1) is 17.3 Å². The monoisotopic (exact) mass is 238 g/mol.